The summed E-state index contributed by atoms with van der Waals surface area (Å²) in [7, 11) is 0. The van der Waals surface area contributed by atoms with Crippen LogP contribution in [0.25, 0.3) is 0 Å². The first-order valence-corrected chi connectivity index (χ1v) is 5.32. The molecule has 10 nitrogen and oxygen atoms in total. The summed E-state index contributed by atoms with van der Waals surface area (Å²) in [5, 5.41) is 68.5. The summed E-state index contributed by atoms with van der Waals surface area (Å²) in [6.45, 7) is 0.604. The smallest absolute Gasteiger partial charge is 0.550 e. The minimum atomic E-state index is -1.67. The van der Waals surface area contributed by atoms with Crippen LogP contribution in [0.1, 0.15) is 13.8 Å². The zero-order chi connectivity index (χ0) is 16.9. The summed E-state index contributed by atoms with van der Waals surface area (Å²) in [6.07, 6.45) is -6.39. The van der Waals surface area contributed by atoms with E-state index < -0.39 is 49.6 Å². The number of carboxylic acids is 2. The quantitative estimate of drug-likeness (QED) is 0.238. The van der Waals surface area contributed by atoms with Gasteiger partial charge in [0.1, 0.15) is 24.4 Å². The molecule has 0 aromatic heterocycles. The summed E-state index contributed by atoms with van der Waals surface area (Å²) in [4.78, 5) is 17.9. The zero-order valence-electron chi connectivity index (χ0n) is 12.1. The maximum absolute atomic E-state index is 9.00. The largest absolute Gasteiger partial charge is 1.00 e. The van der Waals surface area contributed by atoms with Crippen molar-refractivity contribution in [1.29, 1.82) is 0 Å². The standard InChI is InChI=1S/C6H14O6.2C2H4O2.Na/c7-1-3(9)5(11)6(12)4(10)2-8;2*1-2(3)4;/h3-12H,1-2H2;2*1H3,(H,3,4);/q;;;+1/p-1/t3-,4-,5-,6-;;;/m1.../s1. The van der Waals surface area contributed by atoms with E-state index in [9.17, 15) is 0 Å². The molecule has 0 saturated heterocycles. The molecular weight excluding hydrogens is 303 g/mol. The SMILES string of the molecule is CC(=O)O.CC(=O)[O-].OC[C@@H](O)[C@@H](O)[C@H](O)[C@H](O)CO.[Na+]. The van der Waals surface area contributed by atoms with Crippen LogP contribution in [-0.2, 0) is 9.59 Å². The Kier molecular flexibility index (Phi) is 24.3. The molecule has 0 radical (unpaired) electrons. The third kappa shape index (κ3) is 25.0. The monoisotopic (exact) mass is 324 g/mol. The van der Waals surface area contributed by atoms with E-state index in [2.05, 4.69) is 0 Å². The summed E-state index contributed by atoms with van der Waals surface area (Å²) < 4.78 is 0. The fraction of sp³-hybridized carbons (Fsp3) is 0.800. The van der Waals surface area contributed by atoms with Crippen molar-refractivity contribution < 1.29 is 80.0 Å². The van der Waals surface area contributed by atoms with E-state index in [-0.39, 0.29) is 29.6 Å². The van der Waals surface area contributed by atoms with Gasteiger partial charge in [0.2, 0.25) is 0 Å². The Morgan fingerprint density at radius 3 is 1.14 bits per heavy atom. The van der Waals surface area contributed by atoms with Crippen molar-refractivity contribution >= 4 is 11.9 Å². The van der Waals surface area contributed by atoms with Gasteiger partial charge in [-0.2, -0.15) is 0 Å². The van der Waals surface area contributed by atoms with Crippen molar-refractivity contribution in [3.63, 3.8) is 0 Å². The number of carboxylic acid groups (broad SMARTS) is 2. The van der Waals surface area contributed by atoms with Crippen LogP contribution in [0.2, 0.25) is 0 Å². The summed E-state index contributed by atoms with van der Waals surface area (Å²) in [6, 6.07) is 0. The molecule has 0 aliphatic carbocycles. The van der Waals surface area contributed by atoms with Gasteiger partial charge in [-0.15, -0.1) is 0 Å². The van der Waals surface area contributed by atoms with Gasteiger partial charge in [0.05, 0.1) is 13.2 Å². The van der Waals surface area contributed by atoms with Gasteiger partial charge >= 0.3 is 29.6 Å². The number of rotatable bonds is 5. The molecule has 0 aliphatic rings. The number of carbonyl (C=O) groups excluding carboxylic acids is 1. The third-order valence-corrected chi connectivity index (χ3v) is 1.51. The fourth-order valence-corrected chi connectivity index (χ4v) is 0.671. The molecule has 0 fully saturated rings. The van der Waals surface area contributed by atoms with Crippen molar-refractivity contribution in [3.05, 3.63) is 0 Å². The normalized spacial score (nSPS) is 14.7. The molecule has 0 saturated carbocycles. The molecule has 11 heteroatoms. The van der Waals surface area contributed by atoms with Gasteiger partial charge in [-0.1, -0.05) is 0 Å². The summed E-state index contributed by atoms with van der Waals surface area (Å²) >= 11 is 0. The van der Waals surface area contributed by atoms with Gasteiger partial charge in [-0.25, -0.2) is 0 Å². The molecule has 0 bridgehead atoms. The van der Waals surface area contributed by atoms with E-state index >= 15 is 0 Å². The van der Waals surface area contributed by atoms with Gasteiger partial charge < -0.3 is 45.6 Å². The molecule has 4 atom stereocenters. The topological polar surface area (TPSA) is 199 Å². The van der Waals surface area contributed by atoms with Crippen molar-refractivity contribution in [2.75, 3.05) is 13.2 Å². The molecular formula is C10H21NaO10. The Morgan fingerprint density at radius 2 is 1.05 bits per heavy atom. The Labute approximate surface area is 143 Å². The van der Waals surface area contributed by atoms with Crippen LogP contribution in [0, 0.1) is 0 Å². The molecule has 0 spiro atoms. The first-order valence-electron chi connectivity index (χ1n) is 5.32. The van der Waals surface area contributed by atoms with E-state index in [1.165, 1.54) is 0 Å². The van der Waals surface area contributed by atoms with Crippen molar-refractivity contribution in [2.45, 2.75) is 38.3 Å². The van der Waals surface area contributed by atoms with Crippen LogP contribution in [0.5, 0.6) is 0 Å². The molecule has 0 unspecified atom stereocenters. The number of aliphatic carboxylic acids is 2. The average Bonchev–Trinajstić information content (AvgIpc) is 2.33. The molecule has 0 aromatic rings. The van der Waals surface area contributed by atoms with Crippen LogP contribution in [-0.4, -0.2) is 85.3 Å². The minimum absolute atomic E-state index is 0. The zero-order valence-corrected chi connectivity index (χ0v) is 14.1. The second-order valence-electron chi connectivity index (χ2n) is 3.49. The Hall–Kier alpha value is -0.300. The van der Waals surface area contributed by atoms with Crippen LogP contribution >= 0.6 is 0 Å². The average molecular weight is 324 g/mol. The molecule has 7 N–H and O–H groups in total. The number of aliphatic hydroxyl groups is 6. The van der Waals surface area contributed by atoms with Crippen molar-refractivity contribution in [3.8, 4) is 0 Å². The maximum atomic E-state index is 9.00. The van der Waals surface area contributed by atoms with Gasteiger partial charge in [-0.3, -0.25) is 4.79 Å². The second kappa shape index (κ2) is 17.8. The Balaban J connectivity index is -0.000000134. The molecule has 0 rings (SSSR count). The first-order chi connectivity index (χ1) is 9.00. The minimum Gasteiger partial charge on any atom is -0.550 e. The third-order valence-electron chi connectivity index (χ3n) is 1.51. The number of hydrogen-bond acceptors (Lipinski definition) is 9. The predicted molar refractivity (Wildman–Crippen MR) is 62.2 cm³/mol. The number of hydrogen-bond donors (Lipinski definition) is 7. The van der Waals surface area contributed by atoms with E-state index in [1.807, 2.05) is 0 Å². The van der Waals surface area contributed by atoms with Crippen molar-refractivity contribution in [2.24, 2.45) is 0 Å². The predicted octanol–water partition coefficient (Wildman–Crippen LogP) is -7.73. The van der Waals surface area contributed by atoms with Crippen LogP contribution < -0.4 is 34.7 Å². The molecule has 122 valence electrons. The number of carbonyl (C=O) groups is 2. The van der Waals surface area contributed by atoms with Crippen molar-refractivity contribution in [1.82, 2.24) is 0 Å². The number of aliphatic hydroxyl groups excluding tert-OH is 6. The Morgan fingerprint density at radius 1 is 0.905 bits per heavy atom. The molecule has 0 amide bonds. The molecule has 0 aromatic carbocycles. The van der Waals surface area contributed by atoms with E-state index in [0.29, 0.717) is 0 Å². The summed E-state index contributed by atoms with van der Waals surface area (Å²) in [5.41, 5.74) is 0. The molecule has 0 aliphatic heterocycles. The fourth-order valence-electron chi connectivity index (χ4n) is 0.671. The summed E-state index contributed by atoms with van der Waals surface area (Å²) in [5.74, 6) is -1.92. The first kappa shape index (κ1) is 28.8. The van der Waals surface area contributed by atoms with Crippen LogP contribution in [0.15, 0.2) is 0 Å². The molecule has 21 heavy (non-hydrogen) atoms. The van der Waals surface area contributed by atoms with Crippen LogP contribution in [0.3, 0.4) is 0 Å². The molecule has 0 heterocycles. The van der Waals surface area contributed by atoms with Gasteiger partial charge in [0, 0.05) is 12.9 Å². The van der Waals surface area contributed by atoms with Gasteiger partial charge in [0.25, 0.3) is 5.97 Å². The Bertz CT molecular complexity index is 228. The van der Waals surface area contributed by atoms with E-state index in [4.69, 9.17) is 50.4 Å². The second-order valence-corrected chi connectivity index (χ2v) is 3.49. The van der Waals surface area contributed by atoms with Crippen LogP contribution in [0.4, 0.5) is 0 Å². The maximum Gasteiger partial charge on any atom is 1.00 e. The van der Waals surface area contributed by atoms with Gasteiger partial charge in [0.15, 0.2) is 0 Å². The van der Waals surface area contributed by atoms with Gasteiger partial charge in [-0.05, 0) is 6.92 Å². The van der Waals surface area contributed by atoms with E-state index in [1.54, 1.807) is 0 Å². The van der Waals surface area contributed by atoms with E-state index in [0.717, 1.165) is 13.8 Å².